The summed E-state index contributed by atoms with van der Waals surface area (Å²) in [5.74, 6) is 0.896. The average Bonchev–Trinajstić information content (AvgIpc) is 3.26. The summed E-state index contributed by atoms with van der Waals surface area (Å²) in [7, 11) is 0. The quantitative estimate of drug-likeness (QED) is 0.509. The van der Waals surface area contributed by atoms with Crippen LogP contribution in [-0.2, 0) is 0 Å². The van der Waals surface area contributed by atoms with Gasteiger partial charge in [-0.2, -0.15) is 4.98 Å². The Hall–Kier alpha value is -3.76. The van der Waals surface area contributed by atoms with E-state index in [0.717, 1.165) is 42.0 Å². The van der Waals surface area contributed by atoms with Crippen molar-refractivity contribution in [2.75, 3.05) is 41.4 Å². The topological polar surface area (TPSA) is 124 Å². The van der Waals surface area contributed by atoms with Crippen LogP contribution in [0.3, 0.4) is 0 Å². The Balaban J connectivity index is 1.41. The fourth-order valence-corrected chi connectivity index (χ4v) is 4.31. The lowest BCUT2D eigenvalue weighted by Crippen LogP contribution is -2.48. The highest BCUT2D eigenvalue weighted by atomic mass is 16.5. The van der Waals surface area contributed by atoms with Gasteiger partial charge in [-0.3, -0.25) is 10.2 Å². The summed E-state index contributed by atoms with van der Waals surface area (Å²) in [5, 5.41) is 21.2. The van der Waals surface area contributed by atoms with Crippen LogP contribution in [-0.4, -0.2) is 69.6 Å². The molecule has 34 heavy (non-hydrogen) atoms. The molecular formula is C24H26N6O4. The number of nitrogens with zero attached hydrogens (tertiary/aromatic N) is 5. The molecule has 1 aromatic carbocycles. The van der Waals surface area contributed by atoms with Gasteiger partial charge in [0, 0.05) is 24.8 Å². The molecule has 5 rings (SSSR count). The molecule has 4 heterocycles. The van der Waals surface area contributed by atoms with Crippen LogP contribution in [0.1, 0.15) is 12.0 Å². The molecule has 0 aliphatic carbocycles. The van der Waals surface area contributed by atoms with Crippen LogP contribution in [0.4, 0.5) is 22.1 Å². The lowest BCUT2D eigenvalue weighted by Gasteiger charge is -2.35. The summed E-state index contributed by atoms with van der Waals surface area (Å²) in [6.07, 6.45) is 1.27. The van der Waals surface area contributed by atoms with Crippen molar-refractivity contribution >= 4 is 23.4 Å². The molecule has 2 amide bonds. The van der Waals surface area contributed by atoms with Crippen molar-refractivity contribution in [3.8, 4) is 17.3 Å². The summed E-state index contributed by atoms with van der Waals surface area (Å²) in [5.41, 5.74) is 3.88. The van der Waals surface area contributed by atoms with Gasteiger partial charge in [0.2, 0.25) is 0 Å². The maximum absolute atomic E-state index is 13.4. The number of ether oxygens (including phenoxy) is 1. The van der Waals surface area contributed by atoms with Gasteiger partial charge in [-0.25, -0.2) is 14.8 Å². The number of aliphatic hydroxyl groups is 2. The van der Waals surface area contributed by atoms with Crippen molar-refractivity contribution in [2.24, 2.45) is 0 Å². The van der Waals surface area contributed by atoms with Crippen LogP contribution in [0.15, 0.2) is 48.7 Å². The van der Waals surface area contributed by atoms with Gasteiger partial charge in [-0.1, -0.05) is 23.8 Å². The number of pyridine rings is 1. The van der Waals surface area contributed by atoms with Crippen molar-refractivity contribution in [2.45, 2.75) is 25.5 Å². The number of aromatic nitrogens is 3. The Bertz CT molecular complexity index is 1210. The normalized spacial score (nSPS) is 17.3. The molecule has 2 aliphatic rings. The minimum atomic E-state index is -1.04. The second-order valence-electron chi connectivity index (χ2n) is 8.47. The number of carbonyl (C=O) groups is 1. The first-order valence-corrected chi connectivity index (χ1v) is 11.2. The number of urea groups is 1. The van der Waals surface area contributed by atoms with Gasteiger partial charge in [0.25, 0.3) is 0 Å². The molecule has 2 aromatic heterocycles. The van der Waals surface area contributed by atoms with Gasteiger partial charge in [0.05, 0.1) is 24.0 Å². The van der Waals surface area contributed by atoms with Gasteiger partial charge in [0.15, 0.2) is 5.82 Å². The highest BCUT2D eigenvalue weighted by molar-refractivity contribution is 6.04. The van der Waals surface area contributed by atoms with Crippen LogP contribution >= 0.6 is 0 Å². The Labute approximate surface area is 196 Å². The van der Waals surface area contributed by atoms with Gasteiger partial charge in [0.1, 0.15) is 18.5 Å². The van der Waals surface area contributed by atoms with E-state index < -0.39 is 12.7 Å². The molecule has 0 spiro atoms. The number of nitrogens with one attached hydrogen (secondary N) is 1. The molecule has 1 fully saturated rings. The Kier molecular flexibility index (Phi) is 5.99. The van der Waals surface area contributed by atoms with Crippen molar-refractivity contribution in [3.05, 3.63) is 54.2 Å². The number of aryl methyl sites for hydroxylation is 1. The van der Waals surface area contributed by atoms with Crippen LogP contribution < -0.4 is 19.9 Å². The van der Waals surface area contributed by atoms with Gasteiger partial charge < -0.3 is 19.8 Å². The van der Waals surface area contributed by atoms with E-state index in [1.54, 1.807) is 11.0 Å². The molecule has 3 aromatic rings. The van der Waals surface area contributed by atoms with E-state index in [0.29, 0.717) is 5.82 Å². The minimum absolute atomic E-state index is 0.00348. The first kappa shape index (κ1) is 22.1. The predicted octanol–water partition coefficient (Wildman–Crippen LogP) is 2.21. The van der Waals surface area contributed by atoms with Crippen molar-refractivity contribution in [1.82, 2.24) is 15.0 Å². The molecule has 0 saturated carbocycles. The lowest BCUT2D eigenvalue weighted by molar-refractivity contribution is 0.0505. The Morgan fingerprint density at radius 3 is 2.97 bits per heavy atom. The number of rotatable bonds is 6. The van der Waals surface area contributed by atoms with E-state index in [4.69, 9.17) is 14.8 Å². The maximum Gasteiger partial charge on any atom is 0.329 e. The number of aliphatic hydroxyl groups excluding tert-OH is 2. The first-order chi connectivity index (χ1) is 16.5. The molecule has 176 valence electrons. The maximum atomic E-state index is 13.4. The number of hydrogen-bond donors (Lipinski definition) is 3. The highest BCUT2D eigenvalue weighted by Crippen LogP contribution is 2.40. The van der Waals surface area contributed by atoms with E-state index in [1.165, 1.54) is 6.20 Å². The predicted molar refractivity (Wildman–Crippen MR) is 127 cm³/mol. The monoisotopic (exact) mass is 462 g/mol. The highest BCUT2D eigenvalue weighted by Gasteiger charge is 2.40. The Morgan fingerprint density at radius 1 is 1.26 bits per heavy atom. The lowest BCUT2D eigenvalue weighted by atomic mass is 10.1. The molecule has 3 N–H and O–H groups in total. The van der Waals surface area contributed by atoms with E-state index in [-0.39, 0.29) is 30.5 Å². The zero-order valence-electron chi connectivity index (χ0n) is 18.8. The van der Waals surface area contributed by atoms with Crippen LogP contribution in [0, 0.1) is 6.92 Å². The molecule has 1 saturated heterocycles. The molecular weight excluding hydrogens is 436 g/mol. The SMILES string of the molecule is Cc1cccc(-c2ccc3c(n2)N(C(=O)Nc2ccnc(OC[C@H](O)CO)n2)[C@H]2CCN3C2)c1. The molecule has 0 radical (unpaired) electrons. The molecule has 10 heteroatoms. The number of amides is 2. The smallest absolute Gasteiger partial charge is 0.329 e. The van der Waals surface area contributed by atoms with E-state index >= 15 is 0 Å². The second kappa shape index (κ2) is 9.24. The molecule has 2 aliphatic heterocycles. The average molecular weight is 463 g/mol. The third-order valence-electron chi connectivity index (χ3n) is 5.97. The third-order valence-corrected chi connectivity index (χ3v) is 5.97. The summed E-state index contributed by atoms with van der Waals surface area (Å²) < 4.78 is 5.29. The zero-order valence-corrected chi connectivity index (χ0v) is 18.8. The second-order valence-corrected chi connectivity index (χ2v) is 8.47. The minimum Gasteiger partial charge on any atom is -0.461 e. The Morgan fingerprint density at radius 2 is 2.15 bits per heavy atom. The van der Waals surface area contributed by atoms with Crippen molar-refractivity contribution < 1.29 is 19.7 Å². The van der Waals surface area contributed by atoms with Crippen molar-refractivity contribution in [3.63, 3.8) is 0 Å². The van der Waals surface area contributed by atoms with Gasteiger partial charge >= 0.3 is 12.0 Å². The first-order valence-electron chi connectivity index (χ1n) is 11.2. The summed E-state index contributed by atoms with van der Waals surface area (Å²) in [6, 6.07) is 13.4. The van der Waals surface area contributed by atoms with E-state index in [2.05, 4.69) is 26.3 Å². The largest absolute Gasteiger partial charge is 0.461 e. The fraction of sp³-hybridized carbons (Fsp3) is 0.333. The van der Waals surface area contributed by atoms with Crippen LogP contribution in [0.5, 0.6) is 6.01 Å². The standard InChI is InChI=1S/C24H26N6O4/c1-15-3-2-4-16(11-15)19-5-6-20-22(26-19)30(17-8-10-29(20)12-17)24(33)28-21-7-9-25-23(27-21)34-14-18(32)13-31/h2-7,9,11,17-18,31-32H,8,10,12-14H2,1H3,(H,25,27,28,33)/t17-,18+/m0/s1. The van der Waals surface area contributed by atoms with Crippen LogP contribution in [0.25, 0.3) is 11.3 Å². The number of fused-ring (bicyclic) bond motifs is 4. The van der Waals surface area contributed by atoms with Crippen LogP contribution in [0.2, 0.25) is 0 Å². The number of carbonyl (C=O) groups excluding carboxylic acids is 1. The zero-order chi connectivity index (χ0) is 23.7. The molecule has 0 unspecified atom stereocenters. The molecule has 2 atom stereocenters. The van der Waals surface area contributed by atoms with Gasteiger partial charge in [-0.15, -0.1) is 0 Å². The summed E-state index contributed by atoms with van der Waals surface area (Å²) in [6.45, 7) is 3.07. The van der Waals surface area contributed by atoms with Crippen molar-refractivity contribution in [1.29, 1.82) is 0 Å². The fourth-order valence-electron chi connectivity index (χ4n) is 4.31. The molecule has 10 nitrogen and oxygen atoms in total. The number of hydrogen-bond acceptors (Lipinski definition) is 8. The summed E-state index contributed by atoms with van der Waals surface area (Å²) >= 11 is 0. The summed E-state index contributed by atoms with van der Waals surface area (Å²) in [4.78, 5) is 30.5. The van der Waals surface area contributed by atoms with E-state index in [1.807, 2.05) is 37.3 Å². The molecule has 2 bridgehead atoms. The third kappa shape index (κ3) is 4.37. The number of benzene rings is 1. The number of anilines is 3. The van der Waals surface area contributed by atoms with Gasteiger partial charge in [-0.05, 0) is 37.6 Å². The van der Waals surface area contributed by atoms with E-state index in [9.17, 15) is 9.90 Å².